The van der Waals surface area contributed by atoms with Crippen molar-refractivity contribution in [1.29, 1.82) is 0 Å². The average Bonchev–Trinajstić information content (AvgIpc) is 2.66. The average molecular weight is 389 g/mol. The van der Waals surface area contributed by atoms with Gasteiger partial charge in [0.25, 0.3) is 0 Å². The maximum atomic E-state index is 11.3. The van der Waals surface area contributed by atoms with Crippen LogP contribution in [-0.2, 0) is 16.0 Å². The predicted octanol–water partition coefficient (Wildman–Crippen LogP) is 3.57. The summed E-state index contributed by atoms with van der Waals surface area (Å²) in [4.78, 5) is 15.4. The zero-order chi connectivity index (χ0) is 19.8. The van der Waals surface area contributed by atoms with E-state index >= 15 is 0 Å². The maximum Gasteiger partial charge on any atom is 0.330 e. The number of pyridine rings is 1. The highest BCUT2D eigenvalue weighted by atomic mass is 35.5. The molecule has 1 aromatic heterocycles. The van der Waals surface area contributed by atoms with E-state index in [4.69, 9.17) is 11.6 Å². The molecular weight excluding hydrogens is 364 g/mol. The quantitative estimate of drug-likeness (QED) is 0.411. The van der Waals surface area contributed by atoms with Crippen LogP contribution in [0.3, 0.4) is 0 Å². The van der Waals surface area contributed by atoms with E-state index in [-0.39, 0.29) is 12.0 Å². The molecule has 0 aliphatic carbocycles. The van der Waals surface area contributed by atoms with Crippen LogP contribution in [0.15, 0.2) is 48.5 Å². The topological polar surface area (TPSA) is 71.5 Å². The van der Waals surface area contributed by atoms with E-state index in [2.05, 4.69) is 22.0 Å². The van der Waals surface area contributed by atoms with Crippen molar-refractivity contribution in [3.05, 3.63) is 70.5 Å². The van der Waals surface area contributed by atoms with Crippen LogP contribution in [0.2, 0.25) is 5.15 Å². The van der Waals surface area contributed by atoms with Crippen molar-refractivity contribution < 1.29 is 14.6 Å². The van der Waals surface area contributed by atoms with E-state index in [0.29, 0.717) is 17.4 Å². The smallest absolute Gasteiger partial charge is 0.330 e. The van der Waals surface area contributed by atoms with Gasteiger partial charge in [-0.2, -0.15) is 0 Å². The van der Waals surface area contributed by atoms with Gasteiger partial charge in [-0.3, -0.25) is 0 Å². The monoisotopic (exact) mass is 388 g/mol. The minimum absolute atomic E-state index is 0.177. The minimum atomic E-state index is -0.709. The molecule has 0 aliphatic rings. The Morgan fingerprint density at radius 3 is 2.63 bits per heavy atom. The van der Waals surface area contributed by atoms with Crippen molar-refractivity contribution in [3.63, 3.8) is 0 Å². The number of ether oxygens (including phenoxy) is 1. The number of carbonyl (C=O) groups excluding carboxylic acids is 1. The van der Waals surface area contributed by atoms with E-state index < -0.39 is 6.10 Å². The fraction of sp³-hybridized carbons (Fsp3) is 0.333. The Morgan fingerprint density at radius 1 is 1.30 bits per heavy atom. The van der Waals surface area contributed by atoms with Crippen molar-refractivity contribution >= 4 is 23.1 Å². The standard InChI is InChI=1S/C21H25ClN2O3/c1-14(11-21(26)27-3)17-9-7-16(8-10-17)12-15(2)23-13-19(25)18-5-4-6-20(22)24-18/h4-11,15,19,23,25H,12-13H2,1-3H3/t15-,19+/m1/s1. The fourth-order valence-electron chi connectivity index (χ4n) is 2.68. The summed E-state index contributed by atoms with van der Waals surface area (Å²) in [5, 5.41) is 13.9. The largest absolute Gasteiger partial charge is 0.466 e. The molecule has 0 spiro atoms. The molecule has 0 saturated carbocycles. The van der Waals surface area contributed by atoms with E-state index in [1.807, 2.05) is 31.2 Å². The molecule has 2 N–H and O–H groups in total. The summed E-state index contributed by atoms with van der Waals surface area (Å²) in [5.41, 5.74) is 3.56. The number of aliphatic hydroxyl groups excluding tert-OH is 1. The van der Waals surface area contributed by atoms with E-state index in [1.54, 1.807) is 18.2 Å². The molecule has 0 saturated heterocycles. The third kappa shape index (κ3) is 6.79. The fourth-order valence-corrected chi connectivity index (χ4v) is 2.85. The van der Waals surface area contributed by atoms with Gasteiger partial charge >= 0.3 is 5.97 Å². The molecule has 1 heterocycles. The van der Waals surface area contributed by atoms with Crippen molar-refractivity contribution in [2.75, 3.05) is 13.7 Å². The van der Waals surface area contributed by atoms with Gasteiger partial charge in [-0.15, -0.1) is 0 Å². The van der Waals surface area contributed by atoms with Gasteiger partial charge in [0.05, 0.1) is 12.8 Å². The van der Waals surface area contributed by atoms with Crippen LogP contribution < -0.4 is 5.32 Å². The number of hydrogen-bond donors (Lipinski definition) is 2. The molecule has 0 unspecified atom stereocenters. The van der Waals surface area contributed by atoms with Crippen LogP contribution in [-0.4, -0.2) is 35.8 Å². The molecule has 0 aliphatic heterocycles. The SMILES string of the molecule is COC(=O)C=C(C)c1ccc(C[C@@H](C)NC[C@H](O)c2cccc(Cl)n2)cc1. The van der Waals surface area contributed by atoms with Gasteiger partial charge in [0.15, 0.2) is 0 Å². The number of aliphatic hydroxyl groups is 1. The lowest BCUT2D eigenvalue weighted by atomic mass is 10.0. The van der Waals surface area contributed by atoms with Crippen molar-refractivity contribution in [2.24, 2.45) is 0 Å². The van der Waals surface area contributed by atoms with Gasteiger partial charge in [-0.05, 0) is 49.1 Å². The lowest BCUT2D eigenvalue weighted by Crippen LogP contribution is -2.32. The van der Waals surface area contributed by atoms with Crippen LogP contribution in [0.5, 0.6) is 0 Å². The second-order valence-electron chi connectivity index (χ2n) is 6.46. The molecular formula is C21H25ClN2O3. The number of allylic oxidation sites excluding steroid dienone is 1. The van der Waals surface area contributed by atoms with Gasteiger partial charge in [0.1, 0.15) is 11.3 Å². The Bertz CT molecular complexity index is 790. The van der Waals surface area contributed by atoms with Crippen molar-refractivity contribution in [1.82, 2.24) is 10.3 Å². The second-order valence-corrected chi connectivity index (χ2v) is 6.85. The van der Waals surface area contributed by atoms with E-state index in [1.165, 1.54) is 18.7 Å². The normalized spacial score (nSPS) is 13.9. The lowest BCUT2D eigenvalue weighted by molar-refractivity contribution is -0.134. The number of aromatic nitrogens is 1. The van der Waals surface area contributed by atoms with Crippen LogP contribution in [0.1, 0.15) is 36.8 Å². The number of benzene rings is 1. The number of rotatable bonds is 8. The molecule has 2 aromatic rings. The first-order valence-electron chi connectivity index (χ1n) is 8.78. The van der Waals surface area contributed by atoms with Crippen molar-refractivity contribution in [3.8, 4) is 0 Å². The number of methoxy groups -OCH3 is 1. The number of nitrogens with zero attached hydrogens (tertiary/aromatic N) is 1. The Labute approximate surface area is 165 Å². The summed E-state index contributed by atoms with van der Waals surface area (Å²) in [6.45, 7) is 4.34. The summed E-state index contributed by atoms with van der Waals surface area (Å²) >= 11 is 5.86. The summed E-state index contributed by atoms with van der Waals surface area (Å²) in [7, 11) is 1.36. The molecule has 0 bridgehead atoms. The summed E-state index contributed by atoms with van der Waals surface area (Å²) in [5.74, 6) is -0.359. The Balaban J connectivity index is 1.87. The minimum Gasteiger partial charge on any atom is -0.466 e. The third-order valence-corrected chi connectivity index (χ3v) is 4.43. The second kappa shape index (κ2) is 10.2. The maximum absolute atomic E-state index is 11.3. The van der Waals surface area contributed by atoms with Crippen molar-refractivity contribution in [2.45, 2.75) is 32.4 Å². The highest BCUT2D eigenvalue weighted by molar-refractivity contribution is 6.29. The number of halogens is 1. The van der Waals surface area contributed by atoms with Crippen LogP contribution in [0.25, 0.3) is 5.57 Å². The summed E-state index contributed by atoms with van der Waals surface area (Å²) < 4.78 is 4.65. The molecule has 6 heteroatoms. The number of nitrogens with one attached hydrogen (secondary N) is 1. The Morgan fingerprint density at radius 2 is 2.00 bits per heavy atom. The van der Waals surface area contributed by atoms with Crippen LogP contribution >= 0.6 is 11.6 Å². The van der Waals surface area contributed by atoms with Gasteiger partial charge in [-0.1, -0.05) is 41.9 Å². The molecule has 1 aromatic carbocycles. The van der Waals surface area contributed by atoms with E-state index in [9.17, 15) is 9.90 Å². The van der Waals surface area contributed by atoms with Gasteiger partial charge in [0.2, 0.25) is 0 Å². The van der Waals surface area contributed by atoms with Crippen LogP contribution in [0, 0.1) is 0 Å². The molecule has 144 valence electrons. The summed E-state index contributed by atoms with van der Waals surface area (Å²) in [6.07, 6.45) is 1.58. The number of carbonyl (C=O) groups is 1. The number of esters is 1. The molecule has 2 rings (SSSR count). The zero-order valence-electron chi connectivity index (χ0n) is 15.8. The first kappa shape index (κ1) is 21.1. The first-order chi connectivity index (χ1) is 12.9. The van der Waals surface area contributed by atoms with Gasteiger partial charge in [0, 0.05) is 18.7 Å². The Hall–Kier alpha value is -2.21. The third-order valence-electron chi connectivity index (χ3n) is 4.22. The Kier molecular flexibility index (Phi) is 7.98. The highest BCUT2D eigenvalue weighted by Gasteiger charge is 2.11. The molecule has 0 fully saturated rings. The lowest BCUT2D eigenvalue weighted by Gasteiger charge is -2.17. The number of hydrogen-bond acceptors (Lipinski definition) is 5. The summed E-state index contributed by atoms with van der Waals surface area (Å²) in [6, 6.07) is 13.4. The zero-order valence-corrected chi connectivity index (χ0v) is 16.5. The molecule has 27 heavy (non-hydrogen) atoms. The highest BCUT2D eigenvalue weighted by Crippen LogP contribution is 2.16. The molecule has 0 radical (unpaired) electrons. The molecule has 5 nitrogen and oxygen atoms in total. The molecule has 2 atom stereocenters. The molecule has 0 amide bonds. The van der Waals surface area contributed by atoms with Gasteiger partial charge in [-0.25, -0.2) is 9.78 Å². The first-order valence-corrected chi connectivity index (χ1v) is 9.16. The van der Waals surface area contributed by atoms with Gasteiger partial charge < -0.3 is 15.2 Å². The van der Waals surface area contributed by atoms with E-state index in [0.717, 1.165) is 17.6 Å². The predicted molar refractivity (Wildman–Crippen MR) is 107 cm³/mol. The van der Waals surface area contributed by atoms with Crippen LogP contribution in [0.4, 0.5) is 0 Å².